The van der Waals surface area contributed by atoms with E-state index in [4.69, 9.17) is 10.5 Å². The van der Waals surface area contributed by atoms with Gasteiger partial charge in [-0.15, -0.1) is 0 Å². The predicted molar refractivity (Wildman–Crippen MR) is 94.7 cm³/mol. The second-order valence-corrected chi connectivity index (χ2v) is 8.76. The molecule has 0 spiro atoms. The van der Waals surface area contributed by atoms with E-state index in [-0.39, 0.29) is 11.4 Å². The maximum absolute atomic E-state index is 12.8. The highest BCUT2D eigenvalue weighted by atomic mass is 16.5. The molecule has 0 saturated carbocycles. The zero-order chi connectivity index (χ0) is 17.6. The first-order valence-electron chi connectivity index (χ1n) is 8.83. The molecule has 0 fully saturated rings. The van der Waals surface area contributed by atoms with Gasteiger partial charge in [0.05, 0.1) is 12.0 Å². The van der Waals surface area contributed by atoms with Crippen molar-refractivity contribution in [1.29, 1.82) is 0 Å². The van der Waals surface area contributed by atoms with Crippen molar-refractivity contribution >= 4 is 5.97 Å². The highest BCUT2D eigenvalue weighted by Gasteiger charge is 2.48. The number of rotatable bonds is 9. The fourth-order valence-electron chi connectivity index (χ4n) is 2.81. The van der Waals surface area contributed by atoms with E-state index in [2.05, 4.69) is 34.6 Å². The van der Waals surface area contributed by atoms with Gasteiger partial charge in [0.2, 0.25) is 0 Å². The lowest BCUT2D eigenvalue weighted by Crippen LogP contribution is -2.49. The minimum atomic E-state index is -0.575. The Morgan fingerprint density at radius 3 is 2.00 bits per heavy atom. The zero-order valence-electron chi connectivity index (χ0n) is 16.2. The van der Waals surface area contributed by atoms with Crippen LogP contribution >= 0.6 is 0 Å². The Labute approximate surface area is 138 Å². The van der Waals surface area contributed by atoms with Gasteiger partial charge in [-0.25, -0.2) is 0 Å². The summed E-state index contributed by atoms with van der Waals surface area (Å²) in [5, 5.41) is 0. The van der Waals surface area contributed by atoms with E-state index in [1.165, 1.54) is 12.8 Å². The highest BCUT2D eigenvalue weighted by Crippen LogP contribution is 2.45. The normalized spacial score (nSPS) is 17.0. The molecule has 3 nitrogen and oxygen atoms in total. The summed E-state index contributed by atoms with van der Waals surface area (Å²) in [6, 6.07) is 0. The Kier molecular flexibility index (Phi) is 8.11. The van der Waals surface area contributed by atoms with E-state index in [0.29, 0.717) is 18.9 Å². The molecule has 2 N–H and O–H groups in total. The van der Waals surface area contributed by atoms with Crippen LogP contribution in [0.4, 0.5) is 0 Å². The standard InChI is InChI=1S/C19H39NO2/c1-9-11-12-15(10-2)13-22-16(21)19(8,17(3,4)5)14-18(6,7)20/h15H,9-14,20H2,1-8H3. The molecule has 0 heterocycles. The summed E-state index contributed by atoms with van der Waals surface area (Å²) in [4.78, 5) is 12.8. The minimum Gasteiger partial charge on any atom is -0.465 e. The van der Waals surface area contributed by atoms with Crippen molar-refractivity contribution in [2.75, 3.05) is 6.61 Å². The fourth-order valence-corrected chi connectivity index (χ4v) is 2.81. The summed E-state index contributed by atoms with van der Waals surface area (Å²) in [7, 11) is 0. The van der Waals surface area contributed by atoms with Crippen LogP contribution < -0.4 is 5.73 Å². The molecule has 0 rings (SSSR count). The van der Waals surface area contributed by atoms with Gasteiger partial charge in [0, 0.05) is 5.54 Å². The zero-order valence-corrected chi connectivity index (χ0v) is 16.2. The summed E-state index contributed by atoms with van der Waals surface area (Å²) in [5.41, 5.74) is 5.04. The maximum Gasteiger partial charge on any atom is 0.312 e. The van der Waals surface area contributed by atoms with Gasteiger partial charge in [-0.3, -0.25) is 4.79 Å². The van der Waals surface area contributed by atoms with Crippen molar-refractivity contribution in [1.82, 2.24) is 0 Å². The van der Waals surface area contributed by atoms with Crippen molar-refractivity contribution in [3.8, 4) is 0 Å². The third kappa shape index (κ3) is 6.68. The third-order valence-corrected chi connectivity index (χ3v) is 4.91. The second-order valence-electron chi connectivity index (χ2n) is 8.76. The van der Waals surface area contributed by atoms with Gasteiger partial charge in [0.25, 0.3) is 0 Å². The Bertz CT molecular complexity index is 338. The first-order chi connectivity index (χ1) is 9.87. The van der Waals surface area contributed by atoms with E-state index < -0.39 is 11.0 Å². The lowest BCUT2D eigenvalue weighted by Gasteiger charge is -2.43. The van der Waals surface area contributed by atoms with Crippen LogP contribution in [0.3, 0.4) is 0 Å². The average Bonchev–Trinajstić information content (AvgIpc) is 2.35. The summed E-state index contributed by atoms with van der Waals surface area (Å²) in [5.74, 6) is 0.368. The van der Waals surface area contributed by atoms with Crippen LogP contribution in [-0.4, -0.2) is 18.1 Å². The predicted octanol–water partition coefficient (Wildman–Crippen LogP) is 4.93. The molecule has 2 unspecified atom stereocenters. The van der Waals surface area contributed by atoms with Crippen LogP contribution in [-0.2, 0) is 9.53 Å². The number of ether oxygens (including phenoxy) is 1. The first-order valence-corrected chi connectivity index (χ1v) is 8.83. The van der Waals surface area contributed by atoms with E-state index in [9.17, 15) is 4.79 Å². The fraction of sp³-hybridized carbons (Fsp3) is 0.947. The molecule has 0 aliphatic carbocycles. The van der Waals surface area contributed by atoms with Gasteiger partial charge in [0.1, 0.15) is 0 Å². The molecule has 2 atom stereocenters. The van der Waals surface area contributed by atoms with Gasteiger partial charge in [-0.1, -0.05) is 53.9 Å². The van der Waals surface area contributed by atoms with Gasteiger partial charge in [-0.2, -0.15) is 0 Å². The number of nitrogens with two attached hydrogens (primary N) is 1. The number of hydrogen-bond donors (Lipinski definition) is 1. The number of unbranched alkanes of at least 4 members (excludes halogenated alkanes) is 1. The van der Waals surface area contributed by atoms with Crippen molar-refractivity contribution in [3.63, 3.8) is 0 Å². The van der Waals surface area contributed by atoms with Crippen LogP contribution in [0.5, 0.6) is 0 Å². The molecule has 3 heteroatoms. The molecule has 0 radical (unpaired) electrons. The van der Waals surface area contributed by atoms with Crippen LogP contribution in [0.15, 0.2) is 0 Å². The lowest BCUT2D eigenvalue weighted by molar-refractivity contribution is -0.165. The SMILES string of the molecule is CCCCC(CC)COC(=O)C(C)(CC(C)(C)N)C(C)(C)C. The summed E-state index contributed by atoms with van der Waals surface area (Å²) in [6.45, 7) is 17.1. The molecule has 22 heavy (non-hydrogen) atoms. The van der Waals surface area contributed by atoms with Gasteiger partial charge >= 0.3 is 5.97 Å². The van der Waals surface area contributed by atoms with E-state index in [1.807, 2.05) is 20.8 Å². The van der Waals surface area contributed by atoms with E-state index >= 15 is 0 Å². The number of hydrogen-bond acceptors (Lipinski definition) is 3. The molecule has 0 aromatic heterocycles. The summed E-state index contributed by atoms with van der Waals surface area (Å²) in [6.07, 6.45) is 5.19. The van der Waals surface area contributed by atoms with Gasteiger partial charge in [-0.05, 0) is 44.9 Å². The Morgan fingerprint density at radius 1 is 1.09 bits per heavy atom. The molecule has 0 amide bonds. The van der Waals surface area contributed by atoms with E-state index in [1.54, 1.807) is 0 Å². The molecule has 0 aliphatic rings. The van der Waals surface area contributed by atoms with Crippen molar-refractivity contribution in [2.24, 2.45) is 22.5 Å². The molecule has 132 valence electrons. The monoisotopic (exact) mass is 313 g/mol. The molecule has 0 bridgehead atoms. The molecule has 0 aromatic carbocycles. The van der Waals surface area contributed by atoms with Crippen molar-refractivity contribution < 1.29 is 9.53 Å². The second kappa shape index (κ2) is 8.33. The Hall–Kier alpha value is -0.570. The molecule has 0 aromatic rings. The molecular formula is C19H39NO2. The molecule has 0 aliphatic heterocycles. The van der Waals surface area contributed by atoms with E-state index in [0.717, 1.165) is 12.8 Å². The topological polar surface area (TPSA) is 52.3 Å². The number of carbonyl (C=O) groups excluding carboxylic acids is 1. The Balaban J connectivity index is 4.93. The van der Waals surface area contributed by atoms with Crippen molar-refractivity contribution in [2.45, 2.75) is 93.0 Å². The summed E-state index contributed by atoms with van der Waals surface area (Å²) < 4.78 is 5.74. The number of carbonyl (C=O) groups is 1. The third-order valence-electron chi connectivity index (χ3n) is 4.91. The van der Waals surface area contributed by atoms with Crippen LogP contribution in [0, 0.1) is 16.7 Å². The largest absolute Gasteiger partial charge is 0.465 e. The minimum absolute atomic E-state index is 0.103. The summed E-state index contributed by atoms with van der Waals surface area (Å²) >= 11 is 0. The molecule has 0 saturated heterocycles. The first kappa shape index (κ1) is 21.4. The van der Waals surface area contributed by atoms with Crippen LogP contribution in [0.25, 0.3) is 0 Å². The molecular weight excluding hydrogens is 274 g/mol. The maximum atomic E-state index is 12.8. The number of esters is 1. The van der Waals surface area contributed by atoms with Gasteiger partial charge in [0.15, 0.2) is 0 Å². The Morgan fingerprint density at radius 2 is 1.64 bits per heavy atom. The smallest absolute Gasteiger partial charge is 0.312 e. The lowest BCUT2D eigenvalue weighted by atomic mass is 9.63. The van der Waals surface area contributed by atoms with Crippen LogP contribution in [0.1, 0.15) is 87.5 Å². The quantitative estimate of drug-likeness (QED) is 0.614. The van der Waals surface area contributed by atoms with Crippen molar-refractivity contribution in [3.05, 3.63) is 0 Å². The average molecular weight is 314 g/mol. The van der Waals surface area contributed by atoms with Crippen LogP contribution in [0.2, 0.25) is 0 Å². The highest BCUT2D eigenvalue weighted by molar-refractivity contribution is 5.77. The van der Waals surface area contributed by atoms with Gasteiger partial charge < -0.3 is 10.5 Å².